The molecule has 0 radical (unpaired) electrons. The van der Waals surface area contributed by atoms with Crippen molar-refractivity contribution >= 4 is 46.5 Å². The third-order valence-corrected chi connectivity index (χ3v) is 4.60. The highest BCUT2D eigenvalue weighted by Gasteiger charge is 2.40. The Morgan fingerprint density at radius 3 is 2.70 bits per heavy atom. The third kappa shape index (κ3) is 4.01. The van der Waals surface area contributed by atoms with Crippen molar-refractivity contribution in [2.45, 2.75) is 0 Å². The van der Waals surface area contributed by atoms with Crippen LogP contribution >= 0.6 is 11.6 Å². The van der Waals surface area contributed by atoms with Gasteiger partial charge in [0.15, 0.2) is 0 Å². The standard InChI is InChI=1S/C18H14ClFN4O6/c1-30-15-5-3-10(24(28)29)7-14(15)22-16(25)11-8-21-18(27)23(17(11)26)9-2-4-13(20)12(19)6-9/h2-7,11H,8H2,1H3,(H,21,27)(H,22,25). The first-order chi connectivity index (χ1) is 14.2. The number of non-ortho nitro benzene ring substituents is 1. The zero-order valence-corrected chi connectivity index (χ0v) is 16.1. The number of rotatable bonds is 5. The molecule has 0 aliphatic carbocycles. The summed E-state index contributed by atoms with van der Waals surface area (Å²) in [5.74, 6) is -3.64. The smallest absolute Gasteiger partial charge is 0.328 e. The van der Waals surface area contributed by atoms with Crippen molar-refractivity contribution < 1.29 is 28.4 Å². The minimum absolute atomic E-state index is 0.0159. The third-order valence-electron chi connectivity index (χ3n) is 4.31. The van der Waals surface area contributed by atoms with Crippen molar-refractivity contribution in [1.82, 2.24) is 5.32 Å². The number of hydrogen-bond acceptors (Lipinski definition) is 6. The van der Waals surface area contributed by atoms with Crippen LogP contribution in [0.3, 0.4) is 0 Å². The number of carbonyl (C=O) groups is 3. The van der Waals surface area contributed by atoms with E-state index in [2.05, 4.69) is 10.6 Å². The summed E-state index contributed by atoms with van der Waals surface area (Å²) in [6.45, 7) is -0.299. The monoisotopic (exact) mass is 436 g/mol. The number of imide groups is 1. The van der Waals surface area contributed by atoms with Crippen LogP contribution in [0.5, 0.6) is 5.75 Å². The van der Waals surface area contributed by atoms with E-state index in [1.54, 1.807) is 0 Å². The first-order valence-corrected chi connectivity index (χ1v) is 8.81. The van der Waals surface area contributed by atoms with Crippen molar-refractivity contribution in [3.63, 3.8) is 0 Å². The number of benzene rings is 2. The Balaban J connectivity index is 1.87. The van der Waals surface area contributed by atoms with E-state index in [1.165, 1.54) is 25.3 Å². The van der Waals surface area contributed by atoms with Gasteiger partial charge in [0.25, 0.3) is 5.69 Å². The fraction of sp³-hybridized carbons (Fsp3) is 0.167. The number of carbonyl (C=O) groups excluding carboxylic acids is 3. The lowest BCUT2D eigenvalue weighted by Crippen LogP contribution is -2.58. The van der Waals surface area contributed by atoms with E-state index >= 15 is 0 Å². The zero-order valence-electron chi connectivity index (χ0n) is 15.3. The van der Waals surface area contributed by atoms with E-state index in [9.17, 15) is 28.9 Å². The number of nitrogens with zero attached hydrogens (tertiary/aromatic N) is 2. The molecule has 0 saturated carbocycles. The average Bonchev–Trinajstić information content (AvgIpc) is 2.70. The lowest BCUT2D eigenvalue weighted by atomic mass is 10.0. The molecule has 1 unspecified atom stereocenters. The number of nitro benzene ring substituents is 1. The Morgan fingerprint density at radius 1 is 1.33 bits per heavy atom. The summed E-state index contributed by atoms with van der Waals surface area (Å²) in [6, 6.07) is 6.00. The second-order valence-corrected chi connectivity index (χ2v) is 6.55. The van der Waals surface area contributed by atoms with E-state index in [-0.39, 0.29) is 34.4 Å². The second kappa shape index (κ2) is 8.33. The van der Waals surface area contributed by atoms with Gasteiger partial charge in [0.1, 0.15) is 17.5 Å². The molecule has 4 amide bonds. The number of ether oxygens (including phenoxy) is 1. The molecule has 1 heterocycles. The van der Waals surface area contributed by atoms with E-state index in [4.69, 9.17) is 16.3 Å². The van der Waals surface area contributed by atoms with Crippen molar-refractivity contribution in [1.29, 1.82) is 0 Å². The van der Waals surface area contributed by atoms with Gasteiger partial charge in [-0.25, -0.2) is 14.1 Å². The normalized spacial score (nSPS) is 16.1. The van der Waals surface area contributed by atoms with Gasteiger partial charge in [-0.05, 0) is 24.3 Å². The summed E-state index contributed by atoms with van der Waals surface area (Å²) in [5, 5.41) is 15.5. The van der Waals surface area contributed by atoms with Gasteiger partial charge >= 0.3 is 6.03 Å². The summed E-state index contributed by atoms with van der Waals surface area (Å²) in [6.07, 6.45) is 0. The molecule has 1 saturated heterocycles. The van der Waals surface area contributed by atoms with Gasteiger partial charge in [-0.1, -0.05) is 11.6 Å². The van der Waals surface area contributed by atoms with Crippen LogP contribution in [-0.4, -0.2) is 36.4 Å². The molecule has 156 valence electrons. The fourth-order valence-corrected chi connectivity index (χ4v) is 2.99. The zero-order chi connectivity index (χ0) is 22.0. The number of nitro groups is 1. The van der Waals surface area contributed by atoms with Gasteiger partial charge in [-0.3, -0.25) is 19.7 Å². The van der Waals surface area contributed by atoms with Crippen LogP contribution in [0.25, 0.3) is 0 Å². The largest absolute Gasteiger partial charge is 0.495 e. The number of anilines is 2. The molecule has 0 spiro atoms. The molecule has 1 aliphatic heterocycles. The molecule has 0 bridgehead atoms. The predicted octanol–water partition coefficient (Wildman–Crippen LogP) is 2.71. The maximum absolute atomic E-state index is 13.4. The molecule has 10 nitrogen and oxygen atoms in total. The van der Waals surface area contributed by atoms with Crippen molar-refractivity contribution in [2.24, 2.45) is 5.92 Å². The molecule has 1 fully saturated rings. The maximum atomic E-state index is 13.4. The van der Waals surface area contributed by atoms with Gasteiger partial charge in [-0.2, -0.15) is 0 Å². The van der Waals surface area contributed by atoms with Gasteiger partial charge in [0.2, 0.25) is 11.8 Å². The highest BCUT2D eigenvalue weighted by atomic mass is 35.5. The van der Waals surface area contributed by atoms with Gasteiger partial charge < -0.3 is 15.4 Å². The number of urea groups is 1. The van der Waals surface area contributed by atoms with E-state index < -0.39 is 34.5 Å². The van der Waals surface area contributed by atoms with Gasteiger partial charge in [-0.15, -0.1) is 0 Å². The molecule has 3 rings (SSSR count). The van der Waals surface area contributed by atoms with Crippen LogP contribution in [0.2, 0.25) is 5.02 Å². The van der Waals surface area contributed by atoms with E-state index in [0.717, 1.165) is 18.2 Å². The summed E-state index contributed by atoms with van der Waals surface area (Å²) in [4.78, 5) is 48.7. The van der Waals surface area contributed by atoms with Crippen LogP contribution in [0.1, 0.15) is 0 Å². The number of methoxy groups -OCH3 is 1. The Hall–Kier alpha value is -3.73. The molecule has 2 N–H and O–H groups in total. The summed E-state index contributed by atoms with van der Waals surface area (Å²) in [7, 11) is 1.31. The van der Waals surface area contributed by atoms with E-state index in [1.807, 2.05) is 0 Å². The first-order valence-electron chi connectivity index (χ1n) is 8.43. The molecule has 2 aromatic rings. The van der Waals surface area contributed by atoms with Crippen LogP contribution < -0.4 is 20.3 Å². The molecule has 2 aromatic carbocycles. The van der Waals surface area contributed by atoms with Crippen molar-refractivity contribution in [3.05, 3.63) is 57.4 Å². The highest BCUT2D eigenvalue weighted by molar-refractivity contribution is 6.31. The van der Waals surface area contributed by atoms with Crippen LogP contribution in [0.4, 0.5) is 26.2 Å². The first kappa shape index (κ1) is 21.0. The lowest BCUT2D eigenvalue weighted by molar-refractivity contribution is -0.384. The van der Waals surface area contributed by atoms with Crippen LogP contribution in [0.15, 0.2) is 36.4 Å². The Morgan fingerprint density at radius 2 is 2.07 bits per heavy atom. The topological polar surface area (TPSA) is 131 Å². The van der Waals surface area contributed by atoms with Gasteiger partial charge in [0.05, 0.1) is 28.4 Å². The number of nitrogens with one attached hydrogen (secondary N) is 2. The average molecular weight is 437 g/mol. The number of amides is 4. The fourth-order valence-electron chi connectivity index (χ4n) is 2.81. The summed E-state index contributed by atoms with van der Waals surface area (Å²) >= 11 is 5.72. The minimum atomic E-state index is -1.35. The summed E-state index contributed by atoms with van der Waals surface area (Å²) in [5.41, 5.74) is -0.330. The van der Waals surface area contributed by atoms with E-state index in [0.29, 0.717) is 4.90 Å². The second-order valence-electron chi connectivity index (χ2n) is 6.14. The maximum Gasteiger partial charge on any atom is 0.328 e. The molecule has 0 aromatic heterocycles. The molecule has 12 heteroatoms. The SMILES string of the molecule is COc1ccc([N+](=O)[O-])cc1NC(=O)C1CNC(=O)N(c2ccc(F)c(Cl)c2)C1=O. The van der Waals surface area contributed by atoms with Crippen LogP contribution in [-0.2, 0) is 9.59 Å². The molecule has 1 atom stereocenters. The Kier molecular flexibility index (Phi) is 5.83. The molecular weight excluding hydrogens is 423 g/mol. The Labute approximate surface area is 173 Å². The van der Waals surface area contributed by atoms with Crippen LogP contribution in [0, 0.1) is 21.8 Å². The highest BCUT2D eigenvalue weighted by Crippen LogP contribution is 2.30. The van der Waals surface area contributed by atoms with Gasteiger partial charge in [0, 0.05) is 18.7 Å². The number of halogens is 2. The molecule has 30 heavy (non-hydrogen) atoms. The van der Waals surface area contributed by atoms with Crippen molar-refractivity contribution in [2.75, 3.05) is 23.9 Å². The van der Waals surface area contributed by atoms with Crippen molar-refractivity contribution in [3.8, 4) is 5.75 Å². The summed E-state index contributed by atoms with van der Waals surface area (Å²) < 4.78 is 18.5. The quantitative estimate of drug-likeness (QED) is 0.421. The minimum Gasteiger partial charge on any atom is -0.495 e. The molecule has 1 aliphatic rings. The predicted molar refractivity (Wildman–Crippen MR) is 104 cm³/mol. The lowest BCUT2D eigenvalue weighted by Gasteiger charge is -2.30. The molecular formula is C18H14ClFN4O6. The Bertz CT molecular complexity index is 1060. The number of hydrogen-bond donors (Lipinski definition) is 2.